The van der Waals surface area contributed by atoms with Crippen LogP contribution in [0.4, 0.5) is 0 Å². The summed E-state index contributed by atoms with van der Waals surface area (Å²) in [4.78, 5) is 11.4. The predicted molar refractivity (Wildman–Crippen MR) is 101 cm³/mol. The Morgan fingerprint density at radius 1 is 1.12 bits per heavy atom. The number of carbonyl (C=O) groups is 1. The van der Waals surface area contributed by atoms with Gasteiger partial charge in [-0.1, -0.05) is 47.8 Å². The molecule has 0 heterocycles. The molecule has 1 rings (SSSR count). The van der Waals surface area contributed by atoms with Crippen molar-refractivity contribution in [3.63, 3.8) is 0 Å². The fourth-order valence-corrected chi connectivity index (χ4v) is 2.31. The van der Waals surface area contributed by atoms with E-state index in [4.69, 9.17) is 32.7 Å². The van der Waals surface area contributed by atoms with Crippen LogP contribution in [0.1, 0.15) is 52.0 Å². The van der Waals surface area contributed by atoms with Crippen LogP contribution in [0.15, 0.2) is 24.3 Å². The zero-order valence-electron chi connectivity index (χ0n) is 14.6. The molecule has 0 aliphatic carbocycles. The van der Waals surface area contributed by atoms with Crippen LogP contribution in [-0.4, -0.2) is 24.8 Å². The van der Waals surface area contributed by atoms with Gasteiger partial charge in [-0.25, -0.2) is 4.79 Å². The Morgan fingerprint density at radius 2 is 1.88 bits per heavy atom. The number of benzene rings is 1. The fraction of sp³-hybridized carbons (Fsp3) is 0.526. The van der Waals surface area contributed by atoms with E-state index in [1.165, 1.54) is 0 Å². The molecule has 0 aromatic heterocycles. The Morgan fingerprint density at radius 3 is 2.54 bits per heavy atom. The second kappa shape index (κ2) is 10.8. The maximum atomic E-state index is 11.4. The number of hydrogen-bond donors (Lipinski definition) is 0. The van der Waals surface area contributed by atoms with Crippen LogP contribution < -0.4 is 0 Å². The van der Waals surface area contributed by atoms with Gasteiger partial charge in [-0.2, -0.15) is 0 Å². The Hall–Kier alpha value is -1.03. The Labute approximate surface area is 154 Å². The van der Waals surface area contributed by atoms with Gasteiger partial charge in [0.15, 0.2) is 0 Å². The minimum absolute atomic E-state index is 0.0223. The highest BCUT2D eigenvalue weighted by atomic mass is 35.5. The molecule has 0 fully saturated rings. The van der Waals surface area contributed by atoms with Gasteiger partial charge in [0.05, 0.1) is 10.0 Å². The highest BCUT2D eigenvalue weighted by Crippen LogP contribution is 2.23. The summed E-state index contributed by atoms with van der Waals surface area (Å²) >= 11 is 11.8. The van der Waals surface area contributed by atoms with Crippen LogP contribution in [0.25, 0.3) is 6.08 Å². The van der Waals surface area contributed by atoms with Crippen LogP contribution in [0.2, 0.25) is 10.0 Å². The van der Waals surface area contributed by atoms with Gasteiger partial charge in [0, 0.05) is 6.61 Å². The van der Waals surface area contributed by atoms with E-state index in [0.29, 0.717) is 16.7 Å². The van der Waals surface area contributed by atoms with Crippen molar-refractivity contribution in [1.82, 2.24) is 0 Å². The van der Waals surface area contributed by atoms with Gasteiger partial charge in [0.1, 0.15) is 12.2 Å². The summed E-state index contributed by atoms with van der Waals surface area (Å²) in [6, 6.07) is 5.59. The van der Waals surface area contributed by atoms with E-state index >= 15 is 0 Å². The number of carbonyl (C=O) groups excluding carboxylic acids is 1. The molecule has 0 aliphatic rings. The zero-order chi connectivity index (χ0) is 18.0. The first-order chi connectivity index (χ1) is 11.3. The molecule has 3 nitrogen and oxygen atoms in total. The third-order valence-corrected chi connectivity index (χ3v) is 3.79. The molecule has 0 bridgehead atoms. The maximum Gasteiger partial charge on any atom is 0.332 e. The van der Waals surface area contributed by atoms with E-state index in [2.05, 4.69) is 6.08 Å². The molecule has 5 heteroatoms. The molecule has 1 aromatic rings. The van der Waals surface area contributed by atoms with E-state index in [0.717, 1.165) is 31.2 Å². The maximum absolute atomic E-state index is 11.4. The zero-order valence-corrected chi connectivity index (χ0v) is 16.1. The quantitative estimate of drug-likeness (QED) is 0.398. The molecule has 0 spiro atoms. The van der Waals surface area contributed by atoms with Crippen molar-refractivity contribution in [1.29, 1.82) is 0 Å². The van der Waals surface area contributed by atoms with Crippen molar-refractivity contribution in [2.45, 2.75) is 52.1 Å². The lowest BCUT2D eigenvalue weighted by Gasteiger charge is -2.19. The lowest BCUT2D eigenvalue weighted by molar-refractivity contribution is -0.160. The van der Waals surface area contributed by atoms with Crippen LogP contribution in [0.5, 0.6) is 0 Å². The summed E-state index contributed by atoms with van der Waals surface area (Å²) in [5.41, 5.74) is 0.589. The highest BCUT2D eigenvalue weighted by Gasteiger charge is 2.15. The Bertz CT molecular complexity index is 548. The summed E-state index contributed by atoms with van der Waals surface area (Å²) in [5.74, 6) is -0.313. The lowest BCUT2D eigenvalue weighted by Crippen LogP contribution is -2.26. The second-order valence-corrected chi connectivity index (χ2v) is 7.38. The van der Waals surface area contributed by atoms with Gasteiger partial charge in [-0.15, -0.1) is 0 Å². The van der Waals surface area contributed by atoms with Gasteiger partial charge in [-0.05, 0) is 57.7 Å². The molecule has 0 amide bonds. The van der Waals surface area contributed by atoms with Gasteiger partial charge >= 0.3 is 5.97 Å². The molecule has 0 N–H and O–H groups in total. The Balaban J connectivity index is 2.05. The molecule has 0 saturated heterocycles. The van der Waals surface area contributed by atoms with Crippen molar-refractivity contribution >= 4 is 35.2 Å². The van der Waals surface area contributed by atoms with E-state index in [-0.39, 0.29) is 12.6 Å². The van der Waals surface area contributed by atoms with E-state index in [1.807, 2.05) is 39.0 Å². The van der Waals surface area contributed by atoms with Crippen LogP contribution in [-0.2, 0) is 14.3 Å². The summed E-state index contributed by atoms with van der Waals surface area (Å²) in [6.07, 6.45) is 8.23. The van der Waals surface area contributed by atoms with E-state index < -0.39 is 5.60 Å². The molecule has 0 atom stereocenters. The standard InChI is InChI=1S/C19H26Cl2O3/c1-19(2,3)24-18(22)14-23-12-8-6-4-5-7-9-15-10-11-16(20)17(21)13-15/h7,9-11,13H,4-6,8,12,14H2,1-3H3. The molecular weight excluding hydrogens is 347 g/mol. The van der Waals surface area contributed by atoms with Crippen LogP contribution >= 0.6 is 23.2 Å². The first-order valence-electron chi connectivity index (χ1n) is 8.19. The average Bonchev–Trinajstić information content (AvgIpc) is 2.47. The minimum atomic E-state index is -0.457. The first-order valence-corrected chi connectivity index (χ1v) is 8.95. The van der Waals surface area contributed by atoms with Gasteiger partial charge in [0.2, 0.25) is 0 Å². The molecule has 0 aliphatic heterocycles. The topological polar surface area (TPSA) is 35.5 Å². The third-order valence-electron chi connectivity index (χ3n) is 3.05. The summed E-state index contributed by atoms with van der Waals surface area (Å²) in [5, 5.41) is 1.14. The largest absolute Gasteiger partial charge is 0.458 e. The van der Waals surface area contributed by atoms with Crippen molar-refractivity contribution in [3.8, 4) is 0 Å². The van der Waals surface area contributed by atoms with Crippen molar-refractivity contribution < 1.29 is 14.3 Å². The number of rotatable bonds is 9. The van der Waals surface area contributed by atoms with Crippen molar-refractivity contribution in [3.05, 3.63) is 39.9 Å². The van der Waals surface area contributed by atoms with Crippen molar-refractivity contribution in [2.75, 3.05) is 13.2 Å². The number of esters is 1. The monoisotopic (exact) mass is 372 g/mol. The van der Waals surface area contributed by atoms with Gasteiger partial charge < -0.3 is 9.47 Å². The number of hydrogen-bond acceptors (Lipinski definition) is 3. The molecule has 1 aromatic carbocycles. The number of ether oxygens (including phenoxy) is 2. The van der Waals surface area contributed by atoms with E-state index in [1.54, 1.807) is 6.07 Å². The molecule has 24 heavy (non-hydrogen) atoms. The van der Waals surface area contributed by atoms with Gasteiger partial charge in [0.25, 0.3) is 0 Å². The summed E-state index contributed by atoms with van der Waals surface area (Å²) < 4.78 is 10.5. The number of halogens is 2. The van der Waals surface area contributed by atoms with E-state index in [9.17, 15) is 4.79 Å². The minimum Gasteiger partial charge on any atom is -0.458 e. The normalized spacial score (nSPS) is 11.9. The SMILES string of the molecule is CC(C)(C)OC(=O)COCCCCCC=Cc1ccc(Cl)c(Cl)c1. The molecule has 0 unspecified atom stereocenters. The molecular formula is C19H26Cl2O3. The van der Waals surface area contributed by atoms with Crippen LogP contribution in [0, 0.1) is 0 Å². The Kier molecular flexibility index (Phi) is 9.42. The lowest BCUT2D eigenvalue weighted by atomic mass is 10.1. The van der Waals surface area contributed by atoms with Crippen molar-refractivity contribution in [2.24, 2.45) is 0 Å². The second-order valence-electron chi connectivity index (χ2n) is 6.56. The number of unbranched alkanes of at least 4 members (excludes halogenated alkanes) is 3. The summed E-state index contributed by atoms with van der Waals surface area (Å²) in [6.45, 7) is 6.13. The smallest absolute Gasteiger partial charge is 0.332 e. The van der Waals surface area contributed by atoms with Crippen LogP contribution in [0.3, 0.4) is 0 Å². The first kappa shape index (κ1) is 21.0. The molecule has 0 saturated carbocycles. The fourth-order valence-electron chi connectivity index (χ4n) is 2.01. The number of allylic oxidation sites excluding steroid dienone is 1. The average molecular weight is 373 g/mol. The third kappa shape index (κ3) is 9.96. The predicted octanol–water partition coefficient (Wildman–Crippen LogP) is 5.93. The summed E-state index contributed by atoms with van der Waals surface area (Å²) in [7, 11) is 0. The van der Waals surface area contributed by atoms with Gasteiger partial charge in [-0.3, -0.25) is 0 Å². The molecule has 0 radical (unpaired) electrons. The molecule has 134 valence electrons. The highest BCUT2D eigenvalue weighted by molar-refractivity contribution is 6.42.